The number of carboxylic acids is 1. The largest absolute Gasteiger partial charge is 0.493 e. The summed E-state index contributed by atoms with van der Waals surface area (Å²) in [5.41, 5.74) is 4.88. The number of allylic oxidation sites excluding steroid dienone is 1. The SMILES string of the molecule is COc1cc(/C=c2\sc3n(c2=O)[C@@H](c2ccc(C(C)C)cc2)C(C(=O)Nc2ccccc2)=C(C)N=3)cc(I)c1OCc1cccc(C(=O)O)c1. The number of aromatic nitrogens is 1. The summed E-state index contributed by atoms with van der Waals surface area (Å²) in [5, 5.41) is 12.3. The number of amides is 1. The van der Waals surface area contributed by atoms with Gasteiger partial charge < -0.3 is 19.9 Å². The average Bonchev–Trinajstić information content (AvgIpc) is 3.40. The number of hydrogen-bond donors (Lipinski definition) is 2. The Morgan fingerprint density at radius 3 is 2.46 bits per heavy atom. The van der Waals surface area contributed by atoms with Crippen LogP contribution >= 0.6 is 33.9 Å². The zero-order chi connectivity index (χ0) is 35.5. The number of halogens is 1. The van der Waals surface area contributed by atoms with Gasteiger partial charge in [-0.15, -0.1) is 0 Å². The Balaban J connectivity index is 1.39. The third kappa shape index (κ3) is 7.29. The lowest BCUT2D eigenvalue weighted by molar-refractivity contribution is -0.113. The molecule has 2 N–H and O–H groups in total. The lowest BCUT2D eigenvalue weighted by Crippen LogP contribution is -2.40. The molecule has 4 aromatic carbocycles. The van der Waals surface area contributed by atoms with Crippen molar-refractivity contribution in [3.8, 4) is 11.5 Å². The minimum Gasteiger partial charge on any atom is -0.493 e. The molecule has 1 aliphatic rings. The molecule has 0 unspecified atom stereocenters. The third-order valence-electron chi connectivity index (χ3n) is 8.32. The van der Waals surface area contributed by atoms with Gasteiger partial charge in [0.15, 0.2) is 16.3 Å². The van der Waals surface area contributed by atoms with E-state index in [0.29, 0.717) is 54.8 Å². The number of benzene rings is 4. The van der Waals surface area contributed by atoms with E-state index in [0.717, 1.165) is 14.7 Å². The fraction of sp³-hybridized carbons (Fsp3) is 0.179. The number of ether oxygens (including phenoxy) is 2. The molecule has 1 atom stereocenters. The predicted molar refractivity (Wildman–Crippen MR) is 203 cm³/mol. The molecule has 0 fully saturated rings. The Bertz CT molecular complexity index is 2310. The lowest BCUT2D eigenvalue weighted by Gasteiger charge is -2.25. The van der Waals surface area contributed by atoms with E-state index in [1.54, 1.807) is 41.8 Å². The Morgan fingerprint density at radius 2 is 1.78 bits per heavy atom. The van der Waals surface area contributed by atoms with Crippen LogP contribution in [0.25, 0.3) is 6.08 Å². The number of nitrogens with one attached hydrogen (secondary N) is 1. The average molecular weight is 800 g/mol. The molecule has 6 rings (SSSR count). The van der Waals surface area contributed by atoms with Gasteiger partial charge in [-0.2, -0.15) is 0 Å². The number of fused-ring (bicyclic) bond motifs is 1. The Hall–Kier alpha value is -5.01. The molecule has 0 spiro atoms. The van der Waals surface area contributed by atoms with Gasteiger partial charge in [0.2, 0.25) is 0 Å². The second kappa shape index (κ2) is 14.9. The monoisotopic (exact) mass is 799 g/mol. The summed E-state index contributed by atoms with van der Waals surface area (Å²) >= 11 is 3.41. The molecule has 1 amide bonds. The van der Waals surface area contributed by atoms with Crippen LogP contribution in [0.4, 0.5) is 5.69 Å². The number of methoxy groups -OCH3 is 1. The van der Waals surface area contributed by atoms with Crippen LogP contribution in [0.15, 0.2) is 112 Å². The van der Waals surface area contributed by atoms with Gasteiger partial charge in [0.25, 0.3) is 11.5 Å². The first-order valence-electron chi connectivity index (χ1n) is 15.9. The molecule has 1 aromatic heterocycles. The first-order valence-corrected chi connectivity index (χ1v) is 17.7. The van der Waals surface area contributed by atoms with Crippen LogP contribution in [-0.2, 0) is 11.4 Å². The molecular formula is C39H34IN3O6S. The molecule has 11 heteroatoms. The molecule has 0 saturated heterocycles. The normalized spacial score (nSPS) is 14.3. The molecular weight excluding hydrogens is 765 g/mol. The molecule has 0 radical (unpaired) electrons. The molecule has 254 valence electrons. The maximum absolute atomic E-state index is 14.3. The van der Waals surface area contributed by atoms with Crippen molar-refractivity contribution in [1.29, 1.82) is 0 Å². The van der Waals surface area contributed by atoms with Crippen LogP contribution < -0.4 is 29.7 Å². The maximum Gasteiger partial charge on any atom is 0.335 e. The van der Waals surface area contributed by atoms with Gasteiger partial charge in [0, 0.05) is 5.69 Å². The van der Waals surface area contributed by atoms with Crippen LogP contribution in [-0.4, -0.2) is 28.7 Å². The highest BCUT2D eigenvalue weighted by Gasteiger charge is 2.32. The van der Waals surface area contributed by atoms with Gasteiger partial charge in [-0.05, 0) is 100 Å². The summed E-state index contributed by atoms with van der Waals surface area (Å²) in [7, 11) is 1.54. The molecule has 2 heterocycles. The quantitative estimate of drug-likeness (QED) is 0.149. The van der Waals surface area contributed by atoms with E-state index in [1.807, 2.05) is 60.7 Å². The number of carbonyl (C=O) groups excluding carboxylic acids is 1. The molecule has 0 aliphatic carbocycles. The van der Waals surface area contributed by atoms with Gasteiger partial charge in [0.1, 0.15) is 6.61 Å². The minimum atomic E-state index is -1.01. The highest BCUT2D eigenvalue weighted by atomic mass is 127. The third-order valence-corrected chi connectivity index (χ3v) is 10.1. The number of carbonyl (C=O) groups is 2. The van der Waals surface area contributed by atoms with Crippen LogP contribution in [0.3, 0.4) is 0 Å². The number of nitrogens with zero attached hydrogens (tertiary/aromatic N) is 2. The van der Waals surface area contributed by atoms with E-state index < -0.39 is 12.0 Å². The van der Waals surface area contributed by atoms with Gasteiger partial charge in [-0.25, -0.2) is 9.79 Å². The Labute approximate surface area is 306 Å². The van der Waals surface area contributed by atoms with Crippen molar-refractivity contribution in [2.75, 3.05) is 12.4 Å². The number of thiazole rings is 1. The van der Waals surface area contributed by atoms with Crippen LogP contribution in [0.1, 0.15) is 65.3 Å². The second-order valence-electron chi connectivity index (χ2n) is 12.1. The predicted octanol–water partition coefficient (Wildman–Crippen LogP) is 6.89. The van der Waals surface area contributed by atoms with Gasteiger partial charge in [-0.3, -0.25) is 14.2 Å². The Morgan fingerprint density at radius 1 is 1.04 bits per heavy atom. The summed E-state index contributed by atoms with van der Waals surface area (Å²) in [6.45, 7) is 6.19. The number of anilines is 1. The lowest BCUT2D eigenvalue weighted by atomic mass is 9.93. The maximum atomic E-state index is 14.3. The molecule has 9 nitrogen and oxygen atoms in total. The van der Waals surface area contributed by atoms with Gasteiger partial charge in [-0.1, -0.05) is 79.8 Å². The van der Waals surface area contributed by atoms with E-state index in [9.17, 15) is 19.5 Å². The van der Waals surface area contributed by atoms with E-state index in [1.165, 1.54) is 24.5 Å². The van der Waals surface area contributed by atoms with Crippen LogP contribution in [0.2, 0.25) is 0 Å². The van der Waals surface area contributed by atoms with E-state index in [4.69, 9.17) is 14.5 Å². The first kappa shape index (κ1) is 34.8. The molecule has 5 aromatic rings. The Kier molecular flexibility index (Phi) is 10.3. The molecule has 0 saturated carbocycles. The van der Waals surface area contributed by atoms with Gasteiger partial charge in [0.05, 0.1) is 38.1 Å². The second-order valence-corrected chi connectivity index (χ2v) is 14.2. The van der Waals surface area contributed by atoms with Crippen molar-refractivity contribution in [3.63, 3.8) is 0 Å². The van der Waals surface area contributed by atoms with Crippen molar-refractivity contribution in [2.45, 2.75) is 39.3 Å². The van der Waals surface area contributed by atoms with Crippen LogP contribution in [0, 0.1) is 3.57 Å². The van der Waals surface area contributed by atoms with Crippen molar-refractivity contribution in [2.24, 2.45) is 4.99 Å². The van der Waals surface area contributed by atoms with E-state index in [-0.39, 0.29) is 23.6 Å². The van der Waals surface area contributed by atoms with Crippen LogP contribution in [0.5, 0.6) is 11.5 Å². The standard InChI is InChI=1S/C39H34IN3O6S/c1-22(2)26-13-15-27(16-14-26)34-33(36(44)42-29-11-6-5-7-12-29)23(3)41-39-43(34)37(45)32(50-39)20-25-18-30(40)35(31(19-25)48-4)49-21-24-9-8-10-28(17-24)38(46)47/h5-20,22,34H,21H2,1-4H3,(H,42,44)(H,46,47)/b32-20-/t34-/m0/s1. The first-order chi connectivity index (χ1) is 24.0. The van der Waals surface area contributed by atoms with Crippen molar-refractivity contribution < 1.29 is 24.2 Å². The highest BCUT2D eigenvalue weighted by molar-refractivity contribution is 14.1. The van der Waals surface area contributed by atoms with Gasteiger partial charge >= 0.3 is 5.97 Å². The zero-order valence-corrected chi connectivity index (χ0v) is 30.7. The molecule has 50 heavy (non-hydrogen) atoms. The minimum absolute atomic E-state index is 0.142. The topological polar surface area (TPSA) is 119 Å². The molecule has 1 aliphatic heterocycles. The molecule has 0 bridgehead atoms. The number of hydrogen-bond acceptors (Lipinski definition) is 7. The summed E-state index contributed by atoms with van der Waals surface area (Å²) in [5.74, 6) is -0.0462. The number of rotatable bonds is 10. The number of carboxylic acid groups (broad SMARTS) is 1. The van der Waals surface area contributed by atoms with Crippen molar-refractivity contribution in [3.05, 3.63) is 153 Å². The zero-order valence-electron chi connectivity index (χ0n) is 27.8. The summed E-state index contributed by atoms with van der Waals surface area (Å²) < 4.78 is 14.6. The van der Waals surface area contributed by atoms with Crippen molar-refractivity contribution in [1.82, 2.24) is 4.57 Å². The fourth-order valence-corrected chi connectivity index (χ4v) is 7.60. The number of para-hydroxylation sites is 1. The fourth-order valence-electron chi connectivity index (χ4n) is 5.77. The summed E-state index contributed by atoms with van der Waals surface area (Å²) in [4.78, 5) is 44.8. The van der Waals surface area contributed by atoms with Crippen molar-refractivity contribution >= 4 is 57.6 Å². The smallest absolute Gasteiger partial charge is 0.335 e. The van der Waals surface area contributed by atoms with E-state index in [2.05, 4.69) is 41.8 Å². The summed E-state index contributed by atoms with van der Waals surface area (Å²) in [6.07, 6.45) is 1.79. The highest BCUT2D eigenvalue weighted by Crippen LogP contribution is 2.35. The van der Waals surface area contributed by atoms with E-state index >= 15 is 0 Å². The summed E-state index contributed by atoms with van der Waals surface area (Å²) in [6, 6.07) is 26.8. The number of aromatic carboxylic acids is 1.